The van der Waals surface area contributed by atoms with Crippen LogP contribution in [0.5, 0.6) is 5.75 Å². The molecule has 6 nitrogen and oxygen atoms in total. The van der Waals surface area contributed by atoms with Gasteiger partial charge in [0.05, 0.1) is 24.9 Å². The van der Waals surface area contributed by atoms with Gasteiger partial charge >= 0.3 is 5.97 Å². The van der Waals surface area contributed by atoms with Gasteiger partial charge in [-0.1, -0.05) is 12.1 Å². The van der Waals surface area contributed by atoms with Crippen molar-refractivity contribution in [2.75, 3.05) is 7.11 Å². The monoisotopic (exact) mass is 378 g/mol. The molecule has 0 saturated heterocycles. The number of hydrogen-bond acceptors (Lipinski definition) is 5. The first-order valence-corrected chi connectivity index (χ1v) is 8.58. The number of carboxylic acids is 1. The number of ketones is 2. The van der Waals surface area contributed by atoms with Gasteiger partial charge in [-0.2, -0.15) is 0 Å². The molecule has 2 aromatic carbocycles. The second-order valence-corrected chi connectivity index (χ2v) is 6.18. The minimum atomic E-state index is -1.06. The van der Waals surface area contributed by atoms with Gasteiger partial charge in [-0.25, -0.2) is 4.79 Å². The molecule has 142 valence electrons. The van der Waals surface area contributed by atoms with Crippen molar-refractivity contribution in [1.82, 2.24) is 0 Å². The molecule has 1 atom stereocenters. The molecule has 0 spiro atoms. The number of aromatic carboxylic acids is 1. The average Bonchev–Trinajstić information content (AvgIpc) is 3.26. The highest BCUT2D eigenvalue weighted by Crippen LogP contribution is 2.27. The maximum Gasteiger partial charge on any atom is 0.335 e. The van der Waals surface area contributed by atoms with Gasteiger partial charge in [0.25, 0.3) is 0 Å². The minimum Gasteiger partial charge on any atom is -0.497 e. The Bertz CT molecular complexity index is 969. The fourth-order valence-electron chi connectivity index (χ4n) is 2.89. The van der Waals surface area contributed by atoms with Crippen LogP contribution in [0.15, 0.2) is 71.3 Å². The topological polar surface area (TPSA) is 93.8 Å². The molecule has 0 aliphatic heterocycles. The quantitative estimate of drug-likeness (QED) is 0.590. The third-order valence-electron chi connectivity index (χ3n) is 4.44. The number of ether oxygens (including phenoxy) is 1. The Morgan fingerprint density at radius 1 is 0.964 bits per heavy atom. The number of carbonyl (C=O) groups excluding carboxylic acids is 2. The third-order valence-corrected chi connectivity index (χ3v) is 4.44. The molecule has 1 unspecified atom stereocenters. The lowest BCUT2D eigenvalue weighted by Crippen LogP contribution is -2.17. The lowest BCUT2D eigenvalue weighted by molar-refractivity contribution is 0.0696. The molecule has 0 aliphatic rings. The van der Waals surface area contributed by atoms with Crippen molar-refractivity contribution in [2.45, 2.75) is 12.3 Å². The van der Waals surface area contributed by atoms with Crippen molar-refractivity contribution in [3.63, 3.8) is 0 Å². The molecular weight excluding hydrogens is 360 g/mol. The number of carboxylic acid groups (broad SMARTS) is 1. The van der Waals surface area contributed by atoms with Crippen molar-refractivity contribution in [3.8, 4) is 5.75 Å². The number of benzene rings is 2. The standard InChI is InChI=1S/C22H18O6/c1-27-17-10-8-15(9-11-17)19(23)13-18(21(24)20-3-2-12-28-20)14-4-6-16(7-5-14)22(25)26/h2-12,18H,13H2,1H3,(H,25,26). The van der Waals surface area contributed by atoms with Crippen molar-refractivity contribution < 1.29 is 28.6 Å². The maximum atomic E-state index is 12.9. The van der Waals surface area contributed by atoms with E-state index in [4.69, 9.17) is 14.3 Å². The minimum absolute atomic E-state index is 0.0712. The normalized spacial score (nSPS) is 11.6. The second kappa shape index (κ2) is 8.35. The summed E-state index contributed by atoms with van der Waals surface area (Å²) in [6.45, 7) is 0. The van der Waals surface area contributed by atoms with Crippen LogP contribution < -0.4 is 4.74 Å². The molecule has 0 aliphatic carbocycles. The van der Waals surface area contributed by atoms with E-state index < -0.39 is 11.9 Å². The molecule has 0 bridgehead atoms. The summed E-state index contributed by atoms with van der Waals surface area (Å²) in [5.74, 6) is -1.62. The summed E-state index contributed by atoms with van der Waals surface area (Å²) in [6.07, 6.45) is 1.32. The van der Waals surface area contributed by atoms with E-state index in [0.717, 1.165) is 0 Å². The Balaban J connectivity index is 1.90. The van der Waals surface area contributed by atoms with Crippen molar-refractivity contribution in [1.29, 1.82) is 0 Å². The van der Waals surface area contributed by atoms with Crippen LogP contribution in [0.3, 0.4) is 0 Å². The number of methoxy groups -OCH3 is 1. The van der Waals surface area contributed by atoms with Gasteiger partial charge in [-0.05, 0) is 54.1 Å². The van der Waals surface area contributed by atoms with Crippen LogP contribution in [-0.4, -0.2) is 29.8 Å². The number of hydrogen-bond donors (Lipinski definition) is 1. The predicted molar refractivity (Wildman–Crippen MR) is 101 cm³/mol. The zero-order chi connectivity index (χ0) is 20.1. The van der Waals surface area contributed by atoms with Gasteiger partial charge in [0.1, 0.15) is 5.75 Å². The van der Waals surface area contributed by atoms with E-state index in [1.54, 1.807) is 48.5 Å². The summed E-state index contributed by atoms with van der Waals surface area (Å²) in [4.78, 5) is 36.7. The summed E-state index contributed by atoms with van der Waals surface area (Å²) in [5, 5.41) is 9.06. The molecule has 3 rings (SSSR count). The number of rotatable bonds is 8. The number of Topliss-reactive ketones (excluding diaryl/α,β-unsaturated/α-hetero) is 2. The van der Waals surface area contributed by atoms with Crippen LogP contribution in [0.4, 0.5) is 0 Å². The average molecular weight is 378 g/mol. The molecule has 1 heterocycles. The van der Waals surface area contributed by atoms with E-state index in [0.29, 0.717) is 16.9 Å². The summed E-state index contributed by atoms with van der Waals surface area (Å²) in [6, 6.07) is 15.7. The van der Waals surface area contributed by atoms with Gasteiger partial charge < -0.3 is 14.3 Å². The van der Waals surface area contributed by atoms with Crippen LogP contribution in [0.1, 0.15) is 49.2 Å². The van der Waals surface area contributed by atoms with E-state index in [1.807, 2.05) is 0 Å². The molecular formula is C22H18O6. The van der Waals surface area contributed by atoms with E-state index in [-0.39, 0.29) is 29.3 Å². The van der Waals surface area contributed by atoms with Crippen LogP contribution in [0.25, 0.3) is 0 Å². The molecule has 1 N–H and O–H groups in total. The number of furan rings is 1. The lowest BCUT2D eigenvalue weighted by Gasteiger charge is -2.15. The van der Waals surface area contributed by atoms with Gasteiger partial charge in [-0.15, -0.1) is 0 Å². The first-order valence-electron chi connectivity index (χ1n) is 8.58. The molecule has 28 heavy (non-hydrogen) atoms. The highest BCUT2D eigenvalue weighted by atomic mass is 16.5. The molecule has 0 fully saturated rings. The fourth-order valence-corrected chi connectivity index (χ4v) is 2.89. The first-order chi connectivity index (χ1) is 13.5. The van der Waals surface area contributed by atoms with Gasteiger partial charge in [-0.3, -0.25) is 9.59 Å². The Morgan fingerprint density at radius 3 is 2.14 bits per heavy atom. The Kier molecular flexibility index (Phi) is 5.69. The van der Waals surface area contributed by atoms with E-state index >= 15 is 0 Å². The van der Waals surface area contributed by atoms with Gasteiger partial charge in [0.2, 0.25) is 5.78 Å². The molecule has 0 saturated carbocycles. The Hall–Kier alpha value is -3.67. The van der Waals surface area contributed by atoms with E-state index in [1.165, 1.54) is 25.5 Å². The van der Waals surface area contributed by atoms with E-state index in [2.05, 4.69) is 0 Å². The maximum absolute atomic E-state index is 12.9. The number of carbonyl (C=O) groups is 3. The molecule has 0 radical (unpaired) electrons. The summed E-state index contributed by atoms with van der Waals surface area (Å²) in [5.41, 5.74) is 1.11. The zero-order valence-electron chi connectivity index (χ0n) is 15.1. The summed E-state index contributed by atoms with van der Waals surface area (Å²) >= 11 is 0. The van der Waals surface area contributed by atoms with Crippen LogP contribution in [0.2, 0.25) is 0 Å². The second-order valence-electron chi connectivity index (χ2n) is 6.18. The summed E-state index contributed by atoms with van der Waals surface area (Å²) < 4.78 is 10.3. The fraction of sp³-hybridized carbons (Fsp3) is 0.136. The molecule has 6 heteroatoms. The van der Waals surface area contributed by atoms with Crippen molar-refractivity contribution in [3.05, 3.63) is 89.4 Å². The summed E-state index contributed by atoms with van der Waals surface area (Å²) in [7, 11) is 1.54. The Morgan fingerprint density at radius 2 is 1.61 bits per heavy atom. The lowest BCUT2D eigenvalue weighted by atomic mass is 9.87. The third kappa shape index (κ3) is 4.17. The highest BCUT2D eigenvalue weighted by molar-refractivity contribution is 6.05. The van der Waals surface area contributed by atoms with Gasteiger partial charge in [0, 0.05) is 12.0 Å². The van der Waals surface area contributed by atoms with E-state index in [9.17, 15) is 14.4 Å². The highest BCUT2D eigenvalue weighted by Gasteiger charge is 2.27. The molecule has 0 amide bonds. The van der Waals surface area contributed by atoms with Crippen LogP contribution in [-0.2, 0) is 0 Å². The SMILES string of the molecule is COc1ccc(C(=O)CC(C(=O)c2ccco2)c2ccc(C(=O)O)cc2)cc1. The zero-order valence-corrected chi connectivity index (χ0v) is 15.1. The van der Waals surface area contributed by atoms with Crippen LogP contribution in [0, 0.1) is 0 Å². The predicted octanol–water partition coefficient (Wildman–Crippen LogP) is 4.23. The first kappa shape index (κ1) is 19.1. The molecule has 3 aromatic rings. The largest absolute Gasteiger partial charge is 0.497 e. The van der Waals surface area contributed by atoms with Gasteiger partial charge in [0.15, 0.2) is 11.5 Å². The van der Waals surface area contributed by atoms with Crippen molar-refractivity contribution >= 4 is 17.5 Å². The van der Waals surface area contributed by atoms with Crippen molar-refractivity contribution in [2.24, 2.45) is 0 Å². The Labute approximate surface area is 161 Å². The van der Waals surface area contributed by atoms with Crippen LogP contribution >= 0.6 is 0 Å². The molecule has 1 aromatic heterocycles. The smallest absolute Gasteiger partial charge is 0.335 e.